The molecule has 2 heterocycles. The molecule has 5 heteroatoms. The van der Waals surface area contributed by atoms with Crippen molar-refractivity contribution in [3.8, 4) is 0 Å². The first-order valence-electron chi connectivity index (χ1n) is 6.47. The van der Waals surface area contributed by atoms with Crippen molar-refractivity contribution in [3.05, 3.63) is 47.7 Å². The molecular formula is C15H16N4S. The summed E-state index contributed by atoms with van der Waals surface area (Å²) in [6.07, 6.45) is 1.80. The molecule has 0 radical (unpaired) electrons. The molecule has 0 spiro atoms. The second-order valence-electron chi connectivity index (χ2n) is 4.61. The van der Waals surface area contributed by atoms with E-state index >= 15 is 0 Å². The van der Waals surface area contributed by atoms with Crippen LogP contribution >= 0.6 is 11.8 Å². The summed E-state index contributed by atoms with van der Waals surface area (Å²) in [7, 11) is 1.89. The van der Waals surface area contributed by atoms with E-state index in [9.17, 15) is 0 Å². The van der Waals surface area contributed by atoms with Crippen LogP contribution in [0.4, 0.5) is 5.82 Å². The highest BCUT2D eigenvalue weighted by atomic mass is 32.2. The Bertz CT molecular complexity index is 736. The minimum absolute atomic E-state index is 0.836. The average molecular weight is 284 g/mol. The number of hydrogen-bond donors (Lipinski definition) is 2. The van der Waals surface area contributed by atoms with E-state index in [1.54, 1.807) is 18.0 Å². The third kappa shape index (κ3) is 2.63. The molecule has 102 valence electrons. The predicted molar refractivity (Wildman–Crippen MR) is 84.2 cm³/mol. The summed E-state index contributed by atoms with van der Waals surface area (Å²) < 4.78 is 0. The van der Waals surface area contributed by atoms with Gasteiger partial charge in [-0.05, 0) is 30.7 Å². The lowest BCUT2D eigenvalue weighted by Gasteiger charge is -2.05. The zero-order chi connectivity index (χ0) is 13.9. The van der Waals surface area contributed by atoms with Gasteiger partial charge in [0.15, 0.2) is 5.16 Å². The Morgan fingerprint density at radius 1 is 1.30 bits per heavy atom. The molecule has 0 unspecified atom stereocenters. The van der Waals surface area contributed by atoms with Crippen molar-refractivity contribution in [1.29, 1.82) is 0 Å². The van der Waals surface area contributed by atoms with E-state index < -0.39 is 0 Å². The van der Waals surface area contributed by atoms with Gasteiger partial charge in [0.2, 0.25) is 0 Å². The minimum atomic E-state index is 0.836. The fourth-order valence-electron chi connectivity index (χ4n) is 2.09. The minimum Gasteiger partial charge on any atom is -0.373 e. The summed E-state index contributed by atoms with van der Waals surface area (Å²) in [6.45, 7) is 2.09. The summed E-state index contributed by atoms with van der Waals surface area (Å²) in [5, 5.41) is 4.05. The number of rotatable bonds is 4. The molecule has 2 aromatic heterocycles. The molecule has 0 aliphatic carbocycles. The zero-order valence-corrected chi connectivity index (χ0v) is 12.3. The largest absolute Gasteiger partial charge is 0.373 e. The number of H-pyrrole nitrogens is 1. The Morgan fingerprint density at radius 3 is 3.05 bits per heavy atom. The molecule has 0 saturated carbocycles. The van der Waals surface area contributed by atoms with E-state index in [1.165, 1.54) is 11.1 Å². The normalized spacial score (nSPS) is 10.9. The molecule has 2 N–H and O–H groups in total. The standard InChI is InChI=1S/C15H16N4S/c1-10-5-6-12-13(8-10)19-15(18-12)20-9-11-4-3-7-17-14(11)16-2/h3-8H,9H2,1-2H3,(H,16,17)(H,18,19). The number of fused-ring (bicyclic) bond motifs is 1. The molecule has 0 bridgehead atoms. The number of imidazole rings is 1. The van der Waals surface area contributed by atoms with Crippen LogP contribution in [0.2, 0.25) is 0 Å². The van der Waals surface area contributed by atoms with Crippen LogP contribution in [0.5, 0.6) is 0 Å². The summed E-state index contributed by atoms with van der Waals surface area (Å²) in [6, 6.07) is 10.3. The number of pyridine rings is 1. The van der Waals surface area contributed by atoms with Crippen molar-refractivity contribution < 1.29 is 0 Å². The Morgan fingerprint density at radius 2 is 2.20 bits per heavy atom. The third-order valence-corrected chi connectivity index (χ3v) is 4.03. The highest BCUT2D eigenvalue weighted by Crippen LogP contribution is 2.25. The lowest BCUT2D eigenvalue weighted by atomic mass is 10.2. The summed E-state index contributed by atoms with van der Waals surface area (Å²) in [4.78, 5) is 12.3. The van der Waals surface area contributed by atoms with Crippen molar-refractivity contribution in [2.75, 3.05) is 12.4 Å². The number of thioether (sulfide) groups is 1. The fourth-order valence-corrected chi connectivity index (χ4v) is 2.96. The predicted octanol–water partition coefficient (Wildman–Crippen LogP) is 3.60. The molecule has 0 saturated heterocycles. The second kappa shape index (κ2) is 5.54. The summed E-state index contributed by atoms with van der Waals surface area (Å²) in [5.41, 5.74) is 4.52. The smallest absolute Gasteiger partial charge is 0.166 e. The summed E-state index contributed by atoms with van der Waals surface area (Å²) >= 11 is 1.69. The van der Waals surface area contributed by atoms with Crippen LogP contribution in [-0.4, -0.2) is 22.0 Å². The Balaban J connectivity index is 1.79. The second-order valence-corrected chi connectivity index (χ2v) is 5.58. The number of anilines is 1. The van der Waals surface area contributed by atoms with Crippen molar-refractivity contribution >= 4 is 28.6 Å². The van der Waals surface area contributed by atoms with Crippen LogP contribution < -0.4 is 5.32 Å². The molecule has 0 amide bonds. The Hall–Kier alpha value is -2.01. The fraction of sp³-hybridized carbons (Fsp3) is 0.200. The van der Waals surface area contributed by atoms with Gasteiger partial charge in [-0.2, -0.15) is 0 Å². The number of aromatic nitrogens is 3. The van der Waals surface area contributed by atoms with Gasteiger partial charge in [0.25, 0.3) is 0 Å². The molecule has 1 aromatic carbocycles. The molecule has 0 fully saturated rings. The Kier molecular flexibility index (Phi) is 3.60. The first kappa shape index (κ1) is 13.0. The average Bonchev–Trinajstić information content (AvgIpc) is 2.87. The zero-order valence-electron chi connectivity index (χ0n) is 11.5. The topological polar surface area (TPSA) is 53.6 Å². The van der Waals surface area contributed by atoms with Crippen LogP contribution in [0, 0.1) is 6.92 Å². The first-order valence-corrected chi connectivity index (χ1v) is 7.45. The van der Waals surface area contributed by atoms with Crippen molar-refractivity contribution in [2.45, 2.75) is 17.8 Å². The highest BCUT2D eigenvalue weighted by Gasteiger charge is 2.06. The van der Waals surface area contributed by atoms with Crippen LogP contribution in [0.15, 0.2) is 41.7 Å². The van der Waals surface area contributed by atoms with Crippen LogP contribution in [0.25, 0.3) is 11.0 Å². The maximum Gasteiger partial charge on any atom is 0.166 e. The van der Waals surface area contributed by atoms with E-state index in [0.29, 0.717) is 0 Å². The molecule has 20 heavy (non-hydrogen) atoms. The van der Waals surface area contributed by atoms with Gasteiger partial charge in [-0.25, -0.2) is 9.97 Å². The van der Waals surface area contributed by atoms with Crippen LogP contribution in [-0.2, 0) is 5.75 Å². The monoisotopic (exact) mass is 284 g/mol. The molecule has 4 nitrogen and oxygen atoms in total. The molecule has 0 atom stereocenters. The molecule has 0 aliphatic rings. The quantitative estimate of drug-likeness (QED) is 0.719. The van der Waals surface area contributed by atoms with Crippen molar-refractivity contribution in [3.63, 3.8) is 0 Å². The number of nitrogens with zero attached hydrogens (tertiary/aromatic N) is 2. The number of nitrogens with one attached hydrogen (secondary N) is 2. The lowest BCUT2D eigenvalue weighted by molar-refractivity contribution is 1.08. The van der Waals surface area contributed by atoms with Gasteiger partial charge in [0.05, 0.1) is 11.0 Å². The highest BCUT2D eigenvalue weighted by molar-refractivity contribution is 7.98. The third-order valence-electron chi connectivity index (χ3n) is 3.11. The first-order chi connectivity index (χ1) is 9.76. The number of aromatic amines is 1. The molecular weight excluding hydrogens is 268 g/mol. The maximum absolute atomic E-state index is 4.59. The van der Waals surface area contributed by atoms with Gasteiger partial charge in [0, 0.05) is 24.6 Å². The number of benzene rings is 1. The maximum atomic E-state index is 4.59. The van der Waals surface area contributed by atoms with E-state index in [2.05, 4.69) is 45.4 Å². The van der Waals surface area contributed by atoms with Gasteiger partial charge in [-0.1, -0.05) is 23.9 Å². The lowest BCUT2D eigenvalue weighted by Crippen LogP contribution is -1.96. The number of hydrogen-bond acceptors (Lipinski definition) is 4. The van der Waals surface area contributed by atoms with Gasteiger partial charge in [-0.3, -0.25) is 0 Å². The van der Waals surface area contributed by atoms with E-state index in [-0.39, 0.29) is 0 Å². The Labute approximate surface area is 122 Å². The van der Waals surface area contributed by atoms with Gasteiger partial charge in [0.1, 0.15) is 5.82 Å². The SMILES string of the molecule is CNc1ncccc1CSc1nc2ccc(C)cc2[nH]1. The van der Waals surface area contributed by atoms with Gasteiger partial charge < -0.3 is 10.3 Å². The van der Waals surface area contributed by atoms with E-state index in [0.717, 1.165) is 27.8 Å². The van der Waals surface area contributed by atoms with Crippen molar-refractivity contribution in [1.82, 2.24) is 15.0 Å². The van der Waals surface area contributed by atoms with Gasteiger partial charge in [-0.15, -0.1) is 0 Å². The summed E-state index contributed by atoms with van der Waals surface area (Å²) in [5.74, 6) is 1.76. The number of aryl methyl sites for hydroxylation is 1. The van der Waals surface area contributed by atoms with E-state index in [1.807, 2.05) is 19.2 Å². The van der Waals surface area contributed by atoms with E-state index in [4.69, 9.17) is 0 Å². The van der Waals surface area contributed by atoms with Crippen LogP contribution in [0.3, 0.4) is 0 Å². The molecule has 0 aliphatic heterocycles. The van der Waals surface area contributed by atoms with Crippen LogP contribution in [0.1, 0.15) is 11.1 Å². The van der Waals surface area contributed by atoms with Gasteiger partial charge >= 0.3 is 0 Å². The molecule has 3 aromatic rings. The molecule has 3 rings (SSSR count). The van der Waals surface area contributed by atoms with Crippen molar-refractivity contribution in [2.24, 2.45) is 0 Å².